The predicted octanol–water partition coefficient (Wildman–Crippen LogP) is 4.46. The van der Waals surface area contributed by atoms with Gasteiger partial charge in [0.25, 0.3) is 0 Å². The van der Waals surface area contributed by atoms with Gasteiger partial charge in [-0.25, -0.2) is 0 Å². The number of carbonyl (C=O) groups is 1. The van der Waals surface area contributed by atoms with Crippen molar-refractivity contribution in [3.05, 3.63) is 54.1 Å². The maximum atomic E-state index is 11.0. The number of rotatable bonds is 5. The topological polar surface area (TPSA) is 40.5 Å². The molecule has 1 fully saturated rings. The van der Waals surface area contributed by atoms with Gasteiger partial charge in [0, 0.05) is 28.6 Å². The van der Waals surface area contributed by atoms with Crippen molar-refractivity contribution in [2.45, 2.75) is 35.5 Å². The molecule has 0 radical (unpaired) electrons. The summed E-state index contributed by atoms with van der Waals surface area (Å²) in [5.41, 5.74) is 2.15. The second kappa shape index (κ2) is 7.55. The fraction of sp³-hybridized carbons (Fsp3) is 0.316. The number of nitrogens with zero attached hydrogens (tertiary/aromatic N) is 1. The minimum absolute atomic E-state index is 0.0645. The van der Waals surface area contributed by atoms with Crippen LogP contribution in [0.25, 0.3) is 0 Å². The number of aliphatic carboxylic acids is 1. The Hall–Kier alpha value is -1.94. The lowest BCUT2D eigenvalue weighted by Gasteiger charge is -2.28. The van der Waals surface area contributed by atoms with E-state index >= 15 is 0 Å². The molecule has 0 unspecified atom stereocenters. The van der Waals surface area contributed by atoms with Gasteiger partial charge in [0.2, 0.25) is 0 Å². The van der Waals surface area contributed by atoms with Gasteiger partial charge in [-0.05, 0) is 55.2 Å². The minimum Gasteiger partial charge on any atom is -0.481 e. The number of hydrogen-bond donors (Lipinski definition) is 1. The van der Waals surface area contributed by atoms with Crippen LogP contribution in [0.3, 0.4) is 0 Å². The highest BCUT2D eigenvalue weighted by atomic mass is 32.2. The van der Waals surface area contributed by atoms with Crippen LogP contribution in [-0.2, 0) is 11.2 Å². The molecule has 1 aliphatic rings. The van der Waals surface area contributed by atoms with Gasteiger partial charge in [-0.1, -0.05) is 30.0 Å². The lowest BCUT2D eigenvalue weighted by Crippen LogP contribution is -2.29. The van der Waals surface area contributed by atoms with Crippen molar-refractivity contribution in [1.82, 2.24) is 0 Å². The van der Waals surface area contributed by atoms with Crippen LogP contribution >= 0.6 is 11.8 Å². The number of benzene rings is 2. The van der Waals surface area contributed by atoms with E-state index in [2.05, 4.69) is 29.2 Å². The summed E-state index contributed by atoms with van der Waals surface area (Å²) in [6.45, 7) is 2.29. The fourth-order valence-electron chi connectivity index (χ4n) is 2.92. The lowest BCUT2D eigenvalue weighted by molar-refractivity contribution is -0.136. The summed E-state index contributed by atoms with van der Waals surface area (Å²) in [5, 5.41) is 9.02. The van der Waals surface area contributed by atoms with Crippen LogP contribution in [0.2, 0.25) is 0 Å². The second-order valence-corrected chi connectivity index (χ2v) is 6.94. The van der Waals surface area contributed by atoms with E-state index in [9.17, 15) is 4.79 Å². The number of anilines is 1. The van der Waals surface area contributed by atoms with Crippen molar-refractivity contribution in [3.8, 4) is 0 Å². The molecule has 1 aliphatic heterocycles. The fourth-order valence-corrected chi connectivity index (χ4v) is 3.86. The standard InChI is InChI=1S/C19H21NO2S/c21-19(22)14-15-6-2-3-7-18(15)23-17-10-8-16(9-11-17)20-12-4-1-5-13-20/h2-3,6-11H,1,4-5,12-14H2,(H,21,22). The van der Waals surface area contributed by atoms with Crippen molar-refractivity contribution >= 4 is 23.4 Å². The summed E-state index contributed by atoms with van der Waals surface area (Å²) in [4.78, 5) is 15.6. The first-order chi connectivity index (χ1) is 11.2. The SMILES string of the molecule is O=C(O)Cc1ccccc1Sc1ccc(N2CCCCC2)cc1. The molecule has 0 atom stereocenters. The molecule has 1 saturated heterocycles. The smallest absolute Gasteiger partial charge is 0.307 e. The maximum absolute atomic E-state index is 11.0. The number of carboxylic acids is 1. The van der Waals surface area contributed by atoms with Gasteiger partial charge < -0.3 is 10.0 Å². The van der Waals surface area contributed by atoms with E-state index in [4.69, 9.17) is 5.11 Å². The lowest BCUT2D eigenvalue weighted by atomic mass is 10.1. The van der Waals surface area contributed by atoms with E-state index < -0.39 is 5.97 Å². The number of piperidine rings is 1. The zero-order chi connectivity index (χ0) is 16.1. The predicted molar refractivity (Wildman–Crippen MR) is 94.4 cm³/mol. The first-order valence-corrected chi connectivity index (χ1v) is 8.86. The first kappa shape index (κ1) is 15.9. The van der Waals surface area contributed by atoms with Gasteiger partial charge in [-0.15, -0.1) is 0 Å². The van der Waals surface area contributed by atoms with Gasteiger partial charge in [0.05, 0.1) is 6.42 Å². The van der Waals surface area contributed by atoms with Crippen molar-refractivity contribution in [2.24, 2.45) is 0 Å². The Labute approximate surface area is 141 Å². The number of carboxylic acid groups (broad SMARTS) is 1. The summed E-state index contributed by atoms with van der Waals surface area (Å²) in [7, 11) is 0. The Balaban J connectivity index is 1.72. The average molecular weight is 327 g/mol. The molecule has 0 bridgehead atoms. The highest BCUT2D eigenvalue weighted by molar-refractivity contribution is 7.99. The number of hydrogen-bond acceptors (Lipinski definition) is 3. The highest BCUT2D eigenvalue weighted by Crippen LogP contribution is 2.32. The molecule has 0 aliphatic carbocycles. The third-order valence-corrected chi connectivity index (χ3v) is 5.23. The minimum atomic E-state index is -0.793. The molecule has 1 N–H and O–H groups in total. The van der Waals surface area contributed by atoms with E-state index in [-0.39, 0.29) is 6.42 Å². The van der Waals surface area contributed by atoms with E-state index in [1.165, 1.54) is 24.9 Å². The Bertz CT molecular complexity index is 663. The summed E-state index contributed by atoms with van der Waals surface area (Å²) in [6.07, 6.45) is 3.96. The maximum Gasteiger partial charge on any atom is 0.307 e. The molecule has 0 aromatic heterocycles. The van der Waals surface area contributed by atoms with E-state index in [0.717, 1.165) is 28.4 Å². The third kappa shape index (κ3) is 4.29. The molecule has 120 valence electrons. The van der Waals surface area contributed by atoms with Crippen LogP contribution < -0.4 is 4.90 Å². The van der Waals surface area contributed by atoms with Crippen LogP contribution in [-0.4, -0.2) is 24.2 Å². The first-order valence-electron chi connectivity index (χ1n) is 8.05. The van der Waals surface area contributed by atoms with Gasteiger partial charge in [-0.2, -0.15) is 0 Å². The van der Waals surface area contributed by atoms with Crippen LogP contribution in [0.15, 0.2) is 58.3 Å². The normalized spacial score (nSPS) is 14.7. The zero-order valence-corrected chi connectivity index (χ0v) is 13.9. The quantitative estimate of drug-likeness (QED) is 0.880. The van der Waals surface area contributed by atoms with Crippen LogP contribution in [0, 0.1) is 0 Å². The monoisotopic (exact) mass is 327 g/mol. The van der Waals surface area contributed by atoms with E-state index in [0.29, 0.717) is 0 Å². The molecule has 2 aromatic rings. The van der Waals surface area contributed by atoms with Crippen molar-refractivity contribution in [3.63, 3.8) is 0 Å². The van der Waals surface area contributed by atoms with Gasteiger partial charge in [0.15, 0.2) is 0 Å². The molecule has 23 heavy (non-hydrogen) atoms. The molecule has 3 nitrogen and oxygen atoms in total. The molecular formula is C19H21NO2S. The van der Waals surface area contributed by atoms with Crippen molar-refractivity contribution in [1.29, 1.82) is 0 Å². The Morgan fingerprint density at radius 2 is 1.70 bits per heavy atom. The average Bonchev–Trinajstić information content (AvgIpc) is 2.58. The van der Waals surface area contributed by atoms with Gasteiger partial charge in [-0.3, -0.25) is 4.79 Å². The van der Waals surface area contributed by atoms with Gasteiger partial charge in [0.1, 0.15) is 0 Å². The molecule has 1 heterocycles. The Kier molecular flexibility index (Phi) is 5.23. The molecule has 0 amide bonds. The molecular weight excluding hydrogens is 306 g/mol. The third-order valence-electron chi connectivity index (χ3n) is 4.10. The second-order valence-electron chi connectivity index (χ2n) is 5.82. The summed E-state index contributed by atoms with van der Waals surface area (Å²) in [6, 6.07) is 16.3. The molecule has 2 aromatic carbocycles. The largest absolute Gasteiger partial charge is 0.481 e. The molecule has 4 heteroatoms. The van der Waals surface area contributed by atoms with E-state index in [1.54, 1.807) is 11.8 Å². The Morgan fingerprint density at radius 1 is 1.00 bits per heavy atom. The van der Waals surface area contributed by atoms with Gasteiger partial charge >= 0.3 is 5.97 Å². The Morgan fingerprint density at radius 3 is 2.39 bits per heavy atom. The van der Waals surface area contributed by atoms with E-state index in [1.807, 2.05) is 24.3 Å². The van der Waals surface area contributed by atoms with Crippen LogP contribution in [0.1, 0.15) is 24.8 Å². The zero-order valence-electron chi connectivity index (χ0n) is 13.1. The van der Waals surface area contributed by atoms with Crippen LogP contribution in [0.5, 0.6) is 0 Å². The molecule has 0 saturated carbocycles. The molecule has 0 spiro atoms. The molecule has 3 rings (SSSR count). The van der Waals surface area contributed by atoms with Crippen molar-refractivity contribution < 1.29 is 9.90 Å². The summed E-state index contributed by atoms with van der Waals surface area (Å²) in [5.74, 6) is -0.793. The highest BCUT2D eigenvalue weighted by Gasteiger charge is 2.11. The van der Waals surface area contributed by atoms with Crippen molar-refractivity contribution in [2.75, 3.05) is 18.0 Å². The summed E-state index contributed by atoms with van der Waals surface area (Å²) >= 11 is 1.63. The summed E-state index contributed by atoms with van der Waals surface area (Å²) < 4.78 is 0. The van der Waals surface area contributed by atoms with Crippen LogP contribution in [0.4, 0.5) is 5.69 Å².